The molecule has 0 bridgehead atoms. The maximum atomic E-state index is 13.2. The number of esters is 1. The van der Waals surface area contributed by atoms with Gasteiger partial charge in [0.15, 0.2) is 0 Å². The Bertz CT molecular complexity index is 795. The number of nitrogens with zero attached hydrogens (tertiary/aromatic N) is 1. The van der Waals surface area contributed by atoms with Gasteiger partial charge in [0.05, 0.1) is 6.61 Å². The molecular weight excluding hydrogens is 293 g/mol. The first kappa shape index (κ1) is 15.3. The Morgan fingerprint density at radius 2 is 1.91 bits per heavy atom. The molecule has 23 heavy (non-hydrogen) atoms. The highest BCUT2D eigenvalue weighted by molar-refractivity contribution is 5.82. The predicted octanol–water partition coefficient (Wildman–Crippen LogP) is 3.96. The first-order chi connectivity index (χ1) is 11.2. The van der Waals surface area contributed by atoms with Gasteiger partial charge < -0.3 is 9.30 Å². The molecular formula is C19H18FNO2. The highest BCUT2D eigenvalue weighted by Crippen LogP contribution is 2.17. The molecule has 0 spiro atoms. The zero-order valence-electron chi connectivity index (χ0n) is 12.7. The van der Waals surface area contributed by atoms with E-state index in [-0.39, 0.29) is 18.3 Å². The third-order valence-electron chi connectivity index (χ3n) is 3.75. The minimum atomic E-state index is -0.279. The van der Waals surface area contributed by atoms with E-state index in [9.17, 15) is 9.18 Å². The highest BCUT2D eigenvalue weighted by atomic mass is 19.1. The molecule has 0 aliphatic rings. The fourth-order valence-corrected chi connectivity index (χ4v) is 2.60. The molecule has 118 valence electrons. The van der Waals surface area contributed by atoms with Crippen LogP contribution in [0.4, 0.5) is 4.39 Å². The summed E-state index contributed by atoms with van der Waals surface area (Å²) in [5.41, 5.74) is 2.06. The van der Waals surface area contributed by atoms with Gasteiger partial charge in [-0.15, -0.1) is 0 Å². The SMILES string of the molecule is O=C(Cn1ccc2cc(F)ccc21)OCCCc1ccccc1. The number of aryl methyl sites for hydroxylation is 1. The number of hydrogen-bond acceptors (Lipinski definition) is 2. The number of carbonyl (C=O) groups excluding carboxylic acids is 1. The van der Waals surface area contributed by atoms with E-state index < -0.39 is 0 Å². The molecule has 0 atom stereocenters. The molecule has 0 aliphatic heterocycles. The molecule has 0 fully saturated rings. The first-order valence-electron chi connectivity index (χ1n) is 7.66. The molecule has 0 saturated heterocycles. The maximum absolute atomic E-state index is 13.2. The summed E-state index contributed by atoms with van der Waals surface area (Å²) >= 11 is 0. The summed E-state index contributed by atoms with van der Waals surface area (Å²) in [5, 5.41) is 0.780. The number of fused-ring (bicyclic) bond motifs is 1. The van der Waals surface area contributed by atoms with Crippen LogP contribution in [-0.2, 0) is 22.5 Å². The Balaban J connectivity index is 1.49. The Hall–Kier alpha value is -2.62. The van der Waals surface area contributed by atoms with E-state index in [4.69, 9.17) is 4.74 Å². The quantitative estimate of drug-likeness (QED) is 0.510. The molecule has 0 unspecified atom stereocenters. The maximum Gasteiger partial charge on any atom is 0.325 e. The molecule has 4 heteroatoms. The lowest BCUT2D eigenvalue weighted by molar-refractivity contribution is -0.144. The van der Waals surface area contributed by atoms with Crippen LogP contribution >= 0.6 is 0 Å². The second-order valence-electron chi connectivity index (χ2n) is 5.46. The van der Waals surface area contributed by atoms with Crippen molar-refractivity contribution >= 4 is 16.9 Å². The van der Waals surface area contributed by atoms with Gasteiger partial charge in [-0.05, 0) is 42.7 Å². The number of hydrogen-bond donors (Lipinski definition) is 0. The average molecular weight is 311 g/mol. The van der Waals surface area contributed by atoms with Crippen molar-refractivity contribution in [2.75, 3.05) is 6.61 Å². The summed E-state index contributed by atoms with van der Waals surface area (Å²) in [4.78, 5) is 11.9. The highest BCUT2D eigenvalue weighted by Gasteiger charge is 2.08. The lowest BCUT2D eigenvalue weighted by Crippen LogP contribution is -2.13. The zero-order chi connectivity index (χ0) is 16.1. The van der Waals surface area contributed by atoms with Crippen molar-refractivity contribution in [1.82, 2.24) is 4.57 Å². The van der Waals surface area contributed by atoms with Gasteiger partial charge in [0.1, 0.15) is 12.4 Å². The van der Waals surface area contributed by atoms with Crippen molar-refractivity contribution in [1.29, 1.82) is 0 Å². The lowest BCUT2D eigenvalue weighted by Gasteiger charge is -2.07. The monoisotopic (exact) mass is 311 g/mol. The summed E-state index contributed by atoms with van der Waals surface area (Å²) in [6, 6.07) is 16.4. The molecule has 1 heterocycles. The van der Waals surface area contributed by atoms with Crippen LogP contribution in [0.15, 0.2) is 60.8 Å². The number of halogens is 1. The predicted molar refractivity (Wildman–Crippen MR) is 87.6 cm³/mol. The lowest BCUT2D eigenvalue weighted by atomic mass is 10.1. The van der Waals surface area contributed by atoms with E-state index in [1.165, 1.54) is 17.7 Å². The van der Waals surface area contributed by atoms with E-state index in [1.54, 1.807) is 22.9 Å². The third-order valence-corrected chi connectivity index (χ3v) is 3.75. The van der Waals surface area contributed by atoms with Crippen LogP contribution in [0, 0.1) is 5.82 Å². The van der Waals surface area contributed by atoms with Gasteiger partial charge in [0, 0.05) is 17.1 Å². The normalized spacial score (nSPS) is 10.8. The van der Waals surface area contributed by atoms with Gasteiger partial charge in [-0.1, -0.05) is 30.3 Å². The Labute approximate surface area is 134 Å². The van der Waals surface area contributed by atoms with Crippen molar-refractivity contribution in [3.8, 4) is 0 Å². The Morgan fingerprint density at radius 3 is 2.74 bits per heavy atom. The summed E-state index contributed by atoms with van der Waals surface area (Å²) in [7, 11) is 0. The molecule has 0 N–H and O–H groups in total. The Morgan fingerprint density at radius 1 is 1.09 bits per heavy atom. The fraction of sp³-hybridized carbons (Fsp3) is 0.211. The third kappa shape index (κ3) is 3.97. The topological polar surface area (TPSA) is 31.2 Å². The van der Waals surface area contributed by atoms with Gasteiger partial charge in [0.2, 0.25) is 0 Å². The standard InChI is InChI=1S/C19H18FNO2/c20-17-8-9-18-16(13-17)10-11-21(18)14-19(22)23-12-4-7-15-5-2-1-3-6-15/h1-3,5-6,8-11,13H,4,7,12,14H2. The van der Waals surface area contributed by atoms with Crippen LogP contribution in [0.1, 0.15) is 12.0 Å². The van der Waals surface area contributed by atoms with Crippen LogP contribution < -0.4 is 0 Å². The molecule has 0 aliphatic carbocycles. The zero-order valence-corrected chi connectivity index (χ0v) is 12.7. The number of aromatic nitrogens is 1. The van der Waals surface area contributed by atoms with Crippen LogP contribution in [0.2, 0.25) is 0 Å². The average Bonchev–Trinajstić information content (AvgIpc) is 2.94. The van der Waals surface area contributed by atoms with Crippen LogP contribution in [0.25, 0.3) is 10.9 Å². The number of ether oxygens (including phenoxy) is 1. The van der Waals surface area contributed by atoms with Gasteiger partial charge >= 0.3 is 5.97 Å². The smallest absolute Gasteiger partial charge is 0.325 e. The van der Waals surface area contributed by atoms with Crippen molar-refractivity contribution in [3.05, 3.63) is 72.2 Å². The number of rotatable bonds is 6. The van der Waals surface area contributed by atoms with Crippen LogP contribution in [0.3, 0.4) is 0 Å². The van der Waals surface area contributed by atoms with Gasteiger partial charge in [-0.3, -0.25) is 4.79 Å². The minimum absolute atomic E-state index is 0.139. The van der Waals surface area contributed by atoms with Gasteiger partial charge in [-0.2, -0.15) is 0 Å². The molecule has 3 aromatic rings. The molecule has 3 nitrogen and oxygen atoms in total. The van der Waals surface area contributed by atoms with E-state index in [0.29, 0.717) is 6.61 Å². The van der Waals surface area contributed by atoms with E-state index in [2.05, 4.69) is 12.1 Å². The molecule has 3 rings (SSSR count). The van der Waals surface area contributed by atoms with Gasteiger partial charge in [-0.25, -0.2) is 4.39 Å². The van der Waals surface area contributed by atoms with E-state index in [1.807, 2.05) is 18.2 Å². The molecule has 0 amide bonds. The minimum Gasteiger partial charge on any atom is -0.464 e. The summed E-state index contributed by atoms with van der Waals surface area (Å²) in [6.07, 6.45) is 3.46. The molecule has 2 aromatic carbocycles. The van der Waals surface area contributed by atoms with Crippen molar-refractivity contribution < 1.29 is 13.9 Å². The largest absolute Gasteiger partial charge is 0.464 e. The Kier molecular flexibility index (Phi) is 4.71. The first-order valence-corrected chi connectivity index (χ1v) is 7.66. The molecule has 0 radical (unpaired) electrons. The van der Waals surface area contributed by atoms with Crippen LogP contribution in [-0.4, -0.2) is 17.1 Å². The van der Waals surface area contributed by atoms with Crippen molar-refractivity contribution in [3.63, 3.8) is 0 Å². The second kappa shape index (κ2) is 7.09. The molecule has 0 saturated carbocycles. The van der Waals surface area contributed by atoms with Crippen LogP contribution in [0.5, 0.6) is 0 Å². The number of carbonyl (C=O) groups is 1. The summed E-state index contributed by atoms with van der Waals surface area (Å²) in [5.74, 6) is -0.557. The number of benzene rings is 2. The summed E-state index contributed by atoms with van der Waals surface area (Å²) in [6.45, 7) is 0.544. The van der Waals surface area contributed by atoms with Gasteiger partial charge in [0.25, 0.3) is 0 Å². The van der Waals surface area contributed by atoms with Crippen molar-refractivity contribution in [2.45, 2.75) is 19.4 Å². The second-order valence-corrected chi connectivity index (χ2v) is 5.46. The summed E-state index contributed by atoms with van der Waals surface area (Å²) < 4.78 is 20.2. The fourth-order valence-electron chi connectivity index (χ4n) is 2.60. The van der Waals surface area contributed by atoms with Crippen molar-refractivity contribution in [2.24, 2.45) is 0 Å². The molecule has 1 aromatic heterocycles. The van der Waals surface area contributed by atoms with E-state index >= 15 is 0 Å². The van der Waals surface area contributed by atoms with E-state index in [0.717, 1.165) is 23.7 Å².